The third-order valence-corrected chi connectivity index (χ3v) is 6.63. The van der Waals surface area contributed by atoms with E-state index in [0.717, 1.165) is 58.2 Å². The van der Waals surface area contributed by atoms with Gasteiger partial charge >= 0.3 is 6.09 Å². The van der Waals surface area contributed by atoms with E-state index in [1.807, 2.05) is 9.80 Å². The summed E-state index contributed by atoms with van der Waals surface area (Å²) < 4.78 is 5.82. The van der Waals surface area contributed by atoms with Gasteiger partial charge in [-0.2, -0.15) is 0 Å². The lowest BCUT2D eigenvalue weighted by molar-refractivity contribution is -0.140. The van der Waals surface area contributed by atoms with Crippen LogP contribution in [0, 0.1) is 11.8 Å². The van der Waals surface area contributed by atoms with E-state index in [4.69, 9.17) is 4.74 Å². The van der Waals surface area contributed by atoms with E-state index in [0.29, 0.717) is 31.5 Å². The highest BCUT2D eigenvalue weighted by Crippen LogP contribution is 2.34. The molecule has 6 heteroatoms. The maximum atomic E-state index is 12.8. The third-order valence-electron chi connectivity index (χ3n) is 6.63. The average molecular weight is 366 g/mol. The Kier molecular flexibility index (Phi) is 6.10. The Morgan fingerprint density at radius 3 is 2.54 bits per heavy atom. The molecule has 0 aliphatic carbocycles. The number of rotatable bonds is 5. The first-order chi connectivity index (χ1) is 12.5. The molecule has 148 valence electrons. The van der Waals surface area contributed by atoms with Gasteiger partial charge in [-0.05, 0) is 32.4 Å². The van der Waals surface area contributed by atoms with Crippen LogP contribution in [0.4, 0.5) is 4.79 Å². The molecule has 1 atom stereocenters. The van der Waals surface area contributed by atoms with Crippen LogP contribution in [0.15, 0.2) is 0 Å². The van der Waals surface area contributed by atoms with Gasteiger partial charge in [0.25, 0.3) is 0 Å². The molecule has 6 nitrogen and oxygen atoms in total. The third kappa shape index (κ3) is 4.16. The number of amides is 2. The summed E-state index contributed by atoms with van der Waals surface area (Å²) in [6.45, 7) is 9.24. The average Bonchev–Trinajstić information content (AvgIpc) is 2.94. The van der Waals surface area contributed by atoms with Crippen molar-refractivity contribution in [1.29, 1.82) is 0 Å². The highest BCUT2D eigenvalue weighted by atomic mass is 16.6. The van der Waals surface area contributed by atoms with Crippen LogP contribution in [0.1, 0.15) is 52.4 Å². The second-order valence-corrected chi connectivity index (χ2v) is 8.54. The van der Waals surface area contributed by atoms with Crippen LogP contribution in [-0.2, 0) is 9.53 Å². The predicted octanol–water partition coefficient (Wildman–Crippen LogP) is 2.58. The van der Waals surface area contributed by atoms with Crippen molar-refractivity contribution < 1.29 is 14.3 Å². The van der Waals surface area contributed by atoms with Crippen molar-refractivity contribution in [3.05, 3.63) is 0 Å². The second-order valence-electron chi connectivity index (χ2n) is 8.54. The van der Waals surface area contributed by atoms with E-state index >= 15 is 0 Å². The fourth-order valence-corrected chi connectivity index (χ4v) is 4.71. The van der Waals surface area contributed by atoms with Gasteiger partial charge in [0.15, 0.2) is 0 Å². The standard InChI is InChI=1S/C20H35N3O3/c1-4-16(5-2)13-23-15-20(26-19(23)25)8-11-22(12-9-20)18(24)17-7-6-10-21(3)14-17/h16-17H,4-15H2,1-3H3. The number of hydrogen-bond acceptors (Lipinski definition) is 4. The summed E-state index contributed by atoms with van der Waals surface area (Å²) in [6, 6.07) is 0. The molecular weight excluding hydrogens is 330 g/mol. The van der Waals surface area contributed by atoms with Gasteiger partial charge in [-0.1, -0.05) is 26.7 Å². The lowest BCUT2D eigenvalue weighted by Gasteiger charge is -2.40. The minimum absolute atomic E-state index is 0.139. The quantitative estimate of drug-likeness (QED) is 0.751. The first kappa shape index (κ1) is 19.5. The topological polar surface area (TPSA) is 53.1 Å². The van der Waals surface area contributed by atoms with E-state index in [1.165, 1.54) is 0 Å². The van der Waals surface area contributed by atoms with Gasteiger partial charge in [0.1, 0.15) is 5.60 Å². The normalized spacial score (nSPS) is 26.6. The monoisotopic (exact) mass is 365 g/mol. The zero-order valence-corrected chi connectivity index (χ0v) is 16.7. The van der Waals surface area contributed by atoms with Crippen molar-refractivity contribution in [3.63, 3.8) is 0 Å². The molecule has 0 aromatic rings. The van der Waals surface area contributed by atoms with Gasteiger partial charge < -0.3 is 19.4 Å². The Morgan fingerprint density at radius 2 is 1.92 bits per heavy atom. The summed E-state index contributed by atoms with van der Waals surface area (Å²) in [5.74, 6) is 0.979. The largest absolute Gasteiger partial charge is 0.441 e. The molecule has 26 heavy (non-hydrogen) atoms. The van der Waals surface area contributed by atoms with Gasteiger partial charge in [0, 0.05) is 39.0 Å². The SMILES string of the molecule is CCC(CC)CN1CC2(CCN(C(=O)C3CCCN(C)C3)CC2)OC1=O. The molecule has 0 saturated carbocycles. The van der Waals surface area contributed by atoms with Gasteiger partial charge in [0.2, 0.25) is 5.91 Å². The minimum atomic E-state index is -0.372. The molecule has 0 aromatic carbocycles. The van der Waals surface area contributed by atoms with Crippen molar-refractivity contribution in [2.75, 3.05) is 46.3 Å². The maximum absolute atomic E-state index is 12.8. The van der Waals surface area contributed by atoms with Gasteiger partial charge in [-0.3, -0.25) is 4.79 Å². The van der Waals surface area contributed by atoms with Crippen LogP contribution in [0.2, 0.25) is 0 Å². The van der Waals surface area contributed by atoms with E-state index in [9.17, 15) is 9.59 Å². The zero-order chi connectivity index (χ0) is 18.7. The fraction of sp³-hybridized carbons (Fsp3) is 0.900. The van der Waals surface area contributed by atoms with Crippen LogP contribution in [0.5, 0.6) is 0 Å². The Morgan fingerprint density at radius 1 is 1.23 bits per heavy atom. The summed E-state index contributed by atoms with van der Waals surface area (Å²) in [4.78, 5) is 31.3. The van der Waals surface area contributed by atoms with Gasteiger partial charge in [-0.15, -0.1) is 0 Å². The maximum Gasteiger partial charge on any atom is 0.410 e. The van der Waals surface area contributed by atoms with E-state index in [1.54, 1.807) is 0 Å². The molecule has 3 fully saturated rings. The Hall–Kier alpha value is -1.30. The molecule has 3 aliphatic heterocycles. The first-order valence-electron chi connectivity index (χ1n) is 10.4. The predicted molar refractivity (Wildman–Crippen MR) is 101 cm³/mol. The molecule has 3 rings (SSSR count). The molecular formula is C20H35N3O3. The number of likely N-dealkylation sites (tertiary alicyclic amines) is 2. The fourth-order valence-electron chi connectivity index (χ4n) is 4.71. The summed E-state index contributed by atoms with van der Waals surface area (Å²) in [5, 5.41) is 0. The zero-order valence-electron chi connectivity index (χ0n) is 16.7. The highest BCUT2D eigenvalue weighted by Gasteiger charge is 2.48. The van der Waals surface area contributed by atoms with Crippen molar-refractivity contribution >= 4 is 12.0 Å². The lowest BCUT2D eigenvalue weighted by Crippen LogP contribution is -2.51. The Balaban J connectivity index is 1.53. The number of ether oxygens (including phenoxy) is 1. The lowest BCUT2D eigenvalue weighted by atomic mass is 9.89. The highest BCUT2D eigenvalue weighted by molar-refractivity contribution is 5.79. The summed E-state index contributed by atoms with van der Waals surface area (Å²) in [6.07, 6.45) is 5.66. The van der Waals surface area contributed by atoms with E-state index in [-0.39, 0.29) is 17.6 Å². The number of carbonyl (C=O) groups excluding carboxylic acids is 2. The number of carbonyl (C=O) groups is 2. The molecule has 3 heterocycles. The first-order valence-corrected chi connectivity index (χ1v) is 10.4. The van der Waals surface area contributed by atoms with Crippen molar-refractivity contribution in [3.8, 4) is 0 Å². The minimum Gasteiger partial charge on any atom is -0.441 e. The van der Waals surface area contributed by atoms with Crippen LogP contribution < -0.4 is 0 Å². The van der Waals surface area contributed by atoms with Crippen LogP contribution in [0.25, 0.3) is 0 Å². The molecule has 0 N–H and O–H groups in total. The number of nitrogens with zero attached hydrogens (tertiary/aromatic N) is 3. The molecule has 0 radical (unpaired) electrons. The molecule has 3 saturated heterocycles. The van der Waals surface area contributed by atoms with Gasteiger partial charge in [0.05, 0.1) is 12.5 Å². The Labute approximate surface area is 157 Å². The molecule has 2 amide bonds. The van der Waals surface area contributed by atoms with Crippen LogP contribution >= 0.6 is 0 Å². The summed E-state index contributed by atoms with van der Waals surface area (Å²) in [7, 11) is 2.09. The van der Waals surface area contributed by atoms with Crippen molar-refractivity contribution in [1.82, 2.24) is 14.7 Å². The van der Waals surface area contributed by atoms with Crippen molar-refractivity contribution in [2.24, 2.45) is 11.8 Å². The molecule has 1 unspecified atom stereocenters. The van der Waals surface area contributed by atoms with Crippen LogP contribution in [-0.4, -0.2) is 78.6 Å². The smallest absolute Gasteiger partial charge is 0.410 e. The molecule has 3 aliphatic rings. The number of hydrogen-bond donors (Lipinski definition) is 0. The Bertz CT molecular complexity index is 512. The van der Waals surface area contributed by atoms with Crippen LogP contribution in [0.3, 0.4) is 0 Å². The summed E-state index contributed by atoms with van der Waals surface area (Å²) in [5.41, 5.74) is -0.372. The van der Waals surface area contributed by atoms with E-state index < -0.39 is 0 Å². The summed E-state index contributed by atoms with van der Waals surface area (Å²) >= 11 is 0. The molecule has 0 bridgehead atoms. The van der Waals surface area contributed by atoms with Gasteiger partial charge in [-0.25, -0.2) is 4.79 Å². The molecule has 0 aromatic heterocycles. The van der Waals surface area contributed by atoms with E-state index in [2.05, 4.69) is 25.8 Å². The number of piperidine rings is 2. The molecule has 1 spiro atoms. The van der Waals surface area contributed by atoms with Crippen molar-refractivity contribution in [2.45, 2.75) is 58.0 Å². The second kappa shape index (κ2) is 8.15.